The molecular weight excluding hydrogens is 316 g/mol. The molecule has 1 atom stereocenters. The van der Waals surface area contributed by atoms with E-state index in [9.17, 15) is 9.90 Å². The van der Waals surface area contributed by atoms with Crippen molar-refractivity contribution >= 4 is 5.91 Å². The predicted molar refractivity (Wildman–Crippen MR) is 97.9 cm³/mol. The summed E-state index contributed by atoms with van der Waals surface area (Å²) in [5.41, 5.74) is 2.35. The third kappa shape index (κ3) is 5.62. The van der Waals surface area contributed by atoms with Gasteiger partial charge in [-0.3, -0.25) is 20.1 Å². The Labute approximate surface area is 148 Å². The molecule has 2 rings (SSSR count). The number of aromatic nitrogens is 2. The van der Waals surface area contributed by atoms with Crippen molar-refractivity contribution in [3.63, 3.8) is 0 Å². The molecule has 0 aromatic carbocycles. The lowest BCUT2D eigenvalue weighted by molar-refractivity contribution is 0.0942. The number of pyridine rings is 2. The summed E-state index contributed by atoms with van der Waals surface area (Å²) < 4.78 is 0. The Balaban J connectivity index is 2.10. The Morgan fingerprint density at radius 1 is 1.04 bits per heavy atom. The quantitative estimate of drug-likeness (QED) is 0.727. The smallest absolute Gasteiger partial charge is 0.253 e. The third-order valence-corrected chi connectivity index (χ3v) is 3.38. The van der Waals surface area contributed by atoms with Gasteiger partial charge in [0.05, 0.1) is 17.0 Å². The fraction of sp³-hybridized carbons (Fsp3) is 0.421. The fourth-order valence-electron chi connectivity index (χ4n) is 2.24. The molecule has 6 nitrogen and oxygen atoms in total. The molecule has 3 N–H and O–H groups in total. The molecule has 2 aromatic heterocycles. The number of amides is 1. The van der Waals surface area contributed by atoms with Crippen molar-refractivity contribution in [3.05, 3.63) is 47.8 Å². The maximum atomic E-state index is 11.9. The maximum Gasteiger partial charge on any atom is 0.253 e. The van der Waals surface area contributed by atoms with E-state index in [-0.39, 0.29) is 17.5 Å². The van der Waals surface area contributed by atoms with Crippen LogP contribution >= 0.6 is 0 Å². The zero-order chi connectivity index (χ0) is 18.6. The van der Waals surface area contributed by atoms with Crippen LogP contribution in [0, 0.1) is 0 Å². The van der Waals surface area contributed by atoms with Crippen LogP contribution in [0.1, 0.15) is 56.8 Å². The maximum absolute atomic E-state index is 11.9. The molecule has 2 aromatic rings. The summed E-state index contributed by atoms with van der Waals surface area (Å²) in [7, 11) is 0. The molecule has 2 heterocycles. The number of hydrogen-bond acceptors (Lipinski definition) is 5. The zero-order valence-corrected chi connectivity index (χ0v) is 15.4. The number of aliphatic hydroxyl groups is 1. The van der Waals surface area contributed by atoms with E-state index in [1.54, 1.807) is 30.6 Å². The van der Waals surface area contributed by atoms with Crippen LogP contribution in [-0.4, -0.2) is 32.6 Å². The van der Waals surface area contributed by atoms with Crippen molar-refractivity contribution in [2.24, 2.45) is 0 Å². The molecule has 25 heavy (non-hydrogen) atoms. The first-order valence-electron chi connectivity index (χ1n) is 8.35. The highest BCUT2D eigenvalue weighted by Gasteiger charge is 2.17. The van der Waals surface area contributed by atoms with Crippen LogP contribution < -0.4 is 10.6 Å². The largest absolute Gasteiger partial charge is 0.374 e. The van der Waals surface area contributed by atoms with Crippen LogP contribution in [0.3, 0.4) is 0 Å². The SMILES string of the molecule is CC(C)NC(=O)c1ccc(-c2ccc(C(O)NC(C)(C)C)cn2)nc1. The van der Waals surface area contributed by atoms with E-state index >= 15 is 0 Å². The van der Waals surface area contributed by atoms with Gasteiger partial charge in [-0.05, 0) is 52.8 Å². The highest BCUT2D eigenvalue weighted by atomic mass is 16.3. The molecule has 0 aliphatic heterocycles. The van der Waals surface area contributed by atoms with Crippen molar-refractivity contribution in [3.8, 4) is 11.4 Å². The molecule has 0 aliphatic rings. The van der Waals surface area contributed by atoms with Crippen molar-refractivity contribution < 1.29 is 9.90 Å². The Kier molecular flexibility index (Phi) is 5.87. The second-order valence-electron chi connectivity index (χ2n) is 7.33. The normalized spacial score (nSPS) is 12.9. The lowest BCUT2D eigenvalue weighted by Crippen LogP contribution is -2.38. The highest BCUT2D eigenvalue weighted by molar-refractivity contribution is 5.94. The number of rotatable bonds is 5. The van der Waals surface area contributed by atoms with Crippen LogP contribution in [0.25, 0.3) is 11.4 Å². The minimum absolute atomic E-state index is 0.0783. The number of hydrogen-bond donors (Lipinski definition) is 3. The average molecular weight is 342 g/mol. The van der Waals surface area contributed by atoms with E-state index in [1.165, 1.54) is 0 Å². The number of carbonyl (C=O) groups excluding carboxylic acids is 1. The van der Waals surface area contributed by atoms with E-state index in [1.807, 2.05) is 40.7 Å². The highest BCUT2D eigenvalue weighted by Crippen LogP contribution is 2.18. The first-order chi connectivity index (χ1) is 11.7. The van der Waals surface area contributed by atoms with E-state index in [2.05, 4.69) is 20.6 Å². The average Bonchev–Trinajstić information content (AvgIpc) is 2.53. The van der Waals surface area contributed by atoms with Crippen molar-refractivity contribution in [2.45, 2.75) is 52.4 Å². The summed E-state index contributed by atoms with van der Waals surface area (Å²) in [4.78, 5) is 20.6. The minimum atomic E-state index is -0.781. The molecule has 0 saturated heterocycles. The van der Waals surface area contributed by atoms with Gasteiger partial charge in [-0.15, -0.1) is 0 Å². The van der Waals surface area contributed by atoms with Crippen LogP contribution in [0.2, 0.25) is 0 Å². The lowest BCUT2D eigenvalue weighted by Gasteiger charge is -2.25. The summed E-state index contributed by atoms with van der Waals surface area (Å²) >= 11 is 0. The van der Waals surface area contributed by atoms with Crippen LogP contribution in [0.5, 0.6) is 0 Å². The number of nitrogens with one attached hydrogen (secondary N) is 2. The molecule has 0 saturated carbocycles. The third-order valence-electron chi connectivity index (χ3n) is 3.38. The lowest BCUT2D eigenvalue weighted by atomic mass is 10.1. The van der Waals surface area contributed by atoms with Gasteiger partial charge in [0.1, 0.15) is 6.23 Å². The molecule has 134 valence electrons. The fourth-order valence-corrected chi connectivity index (χ4v) is 2.24. The van der Waals surface area contributed by atoms with Crippen LogP contribution in [0.4, 0.5) is 0 Å². The van der Waals surface area contributed by atoms with Gasteiger partial charge in [-0.1, -0.05) is 6.07 Å². The van der Waals surface area contributed by atoms with E-state index < -0.39 is 6.23 Å². The van der Waals surface area contributed by atoms with Crippen molar-refractivity contribution in [1.82, 2.24) is 20.6 Å². The molecule has 0 fully saturated rings. The molecule has 0 bridgehead atoms. The van der Waals surface area contributed by atoms with Gasteiger partial charge >= 0.3 is 0 Å². The molecule has 1 unspecified atom stereocenters. The second-order valence-corrected chi connectivity index (χ2v) is 7.33. The van der Waals surface area contributed by atoms with Gasteiger partial charge in [-0.2, -0.15) is 0 Å². The van der Waals surface area contributed by atoms with Gasteiger partial charge < -0.3 is 10.4 Å². The Morgan fingerprint density at radius 3 is 2.08 bits per heavy atom. The first-order valence-corrected chi connectivity index (χ1v) is 8.35. The zero-order valence-electron chi connectivity index (χ0n) is 15.4. The minimum Gasteiger partial charge on any atom is -0.374 e. The Bertz CT molecular complexity index is 704. The second kappa shape index (κ2) is 7.72. The predicted octanol–water partition coefficient (Wildman–Crippen LogP) is 2.66. The van der Waals surface area contributed by atoms with Gasteiger partial charge in [0, 0.05) is 29.5 Å². The Morgan fingerprint density at radius 2 is 1.64 bits per heavy atom. The van der Waals surface area contributed by atoms with Crippen LogP contribution in [0.15, 0.2) is 36.7 Å². The molecule has 6 heteroatoms. The van der Waals surface area contributed by atoms with E-state index in [0.717, 1.165) is 0 Å². The van der Waals surface area contributed by atoms with Crippen molar-refractivity contribution in [2.75, 3.05) is 0 Å². The van der Waals surface area contributed by atoms with Gasteiger partial charge in [0.15, 0.2) is 0 Å². The van der Waals surface area contributed by atoms with Crippen molar-refractivity contribution in [1.29, 1.82) is 0 Å². The number of aliphatic hydroxyl groups excluding tert-OH is 1. The van der Waals surface area contributed by atoms with Crippen LogP contribution in [-0.2, 0) is 0 Å². The van der Waals surface area contributed by atoms with E-state index in [0.29, 0.717) is 22.5 Å². The molecule has 1 amide bonds. The summed E-state index contributed by atoms with van der Waals surface area (Å²) in [5, 5.41) is 16.1. The van der Waals surface area contributed by atoms with Gasteiger partial charge in [0.2, 0.25) is 0 Å². The summed E-state index contributed by atoms with van der Waals surface area (Å²) in [6, 6.07) is 7.19. The summed E-state index contributed by atoms with van der Waals surface area (Å²) in [6.07, 6.45) is 2.38. The topological polar surface area (TPSA) is 87.1 Å². The first kappa shape index (κ1) is 19.0. The monoisotopic (exact) mass is 342 g/mol. The number of carbonyl (C=O) groups is 1. The summed E-state index contributed by atoms with van der Waals surface area (Å²) in [5.74, 6) is -0.145. The Hall–Kier alpha value is -2.31. The standard InChI is InChI=1S/C19H26N4O2/c1-12(2)22-17(24)13-6-8-15(20-10-13)16-9-7-14(11-21-16)18(25)23-19(3,4)5/h6-12,18,23,25H,1-5H3,(H,22,24). The van der Waals surface area contributed by atoms with E-state index in [4.69, 9.17) is 0 Å². The molecule has 0 aliphatic carbocycles. The molecule has 0 spiro atoms. The van der Waals surface area contributed by atoms with Gasteiger partial charge in [0.25, 0.3) is 5.91 Å². The van der Waals surface area contributed by atoms with Gasteiger partial charge in [-0.25, -0.2) is 0 Å². The molecule has 0 radical (unpaired) electrons. The molecular formula is C19H26N4O2. The summed E-state index contributed by atoms with van der Waals surface area (Å²) in [6.45, 7) is 9.78. The number of nitrogens with zero attached hydrogens (tertiary/aromatic N) is 2.